The Labute approximate surface area is 207 Å². The number of carbonyl (C=O) groups excluding carboxylic acids is 1. The van der Waals surface area contributed by atoms with Gasteiger partial charge >= 0.3 is 0 Å². The Kier molecular flexibility index (Phi) is 6.77. The molecule has 0 fully saturated rings. The van der Waals surface area contributed by atoms with Crippen LogP contribution in [0.3, 0.4) is 0 Å². The highest BCUT2D eigenvalue weighted by Crippen LogP contribution is 2.49. The van der Waals surface area contributed by atoms with E-state index < -0.39 is 0 Å². The fraction of sp³-hybridized carbons (Fsp3) is 0.414. The molecular weight excluding hydrogens is 442 g/mol. The van der Waals surface area contributed by atoms with Gasteiger partial charge in [0.05, 0.1) is 18.6 Å². The number of carbonyl (C=O) groups is 1. The van der Waals surface area contributed by atoms with Gasteiger partial charge in [0.2, 0.25) is 0 Å². The maximum Gasteiger partial charge on any atom is 0.261 e. The summed E-state index contributed by atoms with van der Waals surface area (Å²) in [5.74, 6) is 1.59. The van der Waals surface area contributed by atoms with Gasteiger partial charge in [-0.15, -0.1) is 11.3 Å². The predicted octanol–water partition coefficient (Wildman–Crippen LogP) is 7.10. The monoisotopic (exact) mass is 477 g/mol. The summed E-state index contributed by atoms with van der Waals surface area (Å²) < 4.78 is 11.5. The van der Waals surface area contributed by atoms with Gasteiger partial charge in [0.1, 0.15) is 11.5 Å². The van der Waals surface area contributed by atoms with Crippen molar-refractivity contribution in [2.45, 2.75) is 64.8 Å². The molecule has 0 spiro atoms. The number of para-hydroxylation sites is 1. The number of thiophene rings is 1. The quantitative estimate of drug-likeness (QED) is 0.395. The minimum absolute atomic E-state index is 0.0825. The first-order valence-corrected chi connectivity index (χ1v) is 12.8. The van der Waals surface area contributed by atoms with Crippen LogP contribution in [0.5, 0.6) is 11.5 Å². The van der Waals surface area contributed by atoms with E-state index in [1.165, 1.54) is 22.5 Å². The van der Waals surface area contributed by atoms with E-state index >= 15 is 0 Å². The molecule has 0 saturated carbocycles. The van der Waals surface area contributed by atoms with Crippen molar-refractivity contribution < 1.29 is 14.3 Å². The number of ether oxygens (including phenoxy) is 2. The number of nitrogens with one attached hydrogen (secondary N) is 1. The molecule has 4 nitrogen and oxygen atoms in total. The Morgan fingerprint density at radius 3 is 2.32 bits per heavy atom. The van der Waals surface area contributed by atoms with Crippen LogP contribution in [0.2, 0.25) is 0 Å². The number of fused-ring (bicyclic) bond motifs is 1. The number of hydrogen-bond donors (Lipinski definition) is 1. The average molecular weight is 478 g/mol. The van der Waals surface area contributed by atoms with Crippen molar-refractivity contribution >= 4 is 17.2 Å². The molecule has 1 aliphatic rings. The van der Waals surface area contributed by atoms with Crippen molar-refractivity contribution in [1.82, 2.24) is 5.32 Å². The van der Waals surface area contributed by atoms with Crippen LogP contribution in [-0.4, -0.2) is 19.6 Å². The number of hydrogen-bond acceptors (Lipinski definition) is 4. The van der Waals surface area contributed by atoms with Gasteiger partial charge in [-0.3, -0.25) is 4.79 Å². The van der Waals surface area contributed by atoms with E-state index in [0.29, 0.717) is 18.0 Å². The predicted molar refractivity (Wildman–Crippen MR) is 140 cm³/mol. The largest absolute Gasteiger partial charge is 0.496 e. The highest BCUT2D eigenvalue weighted by Gasteiger charge is 2.38. The lowest BCUT2D eigenvalue weighted by molar-refractivity contribution is 0.0954. The maximum absolute atomic E-state index is 12.9. The van der Waals surface area contributed by atoms with Gasteiger partial charge in [0.15, 0.2) is 0 Å². The topological polar surface area (TPSA) is 47.6 Å². The minimum atomic E-state index is -0.0825. The fourth-order valence-corrected chi connectivity index (χ4v) is 5.71. The van der Waals surface area contributed by atoms with Gasteiger partial charge < -0.3 is 14.8 Å². The molecule has 0 unspecified atom stereocenters. The first-order valence-electron chi connectivity index (χ1n) is 12.0. The van der Waals surface area contributed by atoms with Crippen LogP contribution >= 0.6 is 11.3 Å². The minimum Gasteiger partial charge on any atom is -0.496 e. The molecular formula is C29H35NO3S. The molecule has 0 saturated heterocycles. The lowest BCUT2D eigenvalue weighted by Gasteiger charge is -2.42. The summed E-state index contributed by atoms with van der Waals surface area (Å²) in [6.45, 7) is 12.3. The average Bonchev–Trinajstić information content (AvgIpc) is 3.31. The number of benzene rings is 2. The lowest BCUT2D eigenvalue weighted by Crippen LogP contribution is -2.33. The molecule has 1 heterocycles. The van der Waals surface area contributed by atoms with Gasteiger partial charge in [-0.05, 0) is 72.1 Å². The second-order valence-corrected chi connectivity index (χ2v) is 11.3. The second-order valence-electron chi connectivity index (χ2n) is 10.3. The van der Waals surface area contributed by atoms with Gasteiger partial charge in [0.25, 0.3) is 5.91 Å². The van der Waals surface area contributed by atoms with E-state index in [4.69, 9.17) is 9.47 Å². The van der Waals surface area contributed by atoms with Crippen molar-refractivity contribution in [3.05, 3.63) is 70.1 Å². The molecule has 3 aromatic rings. The highest BCUT2D eigenvalue weighted by molar-refractivity contribution is 7.17. The van der Waals surface area contributed by atoms with Gasteiger partial charge in [-0.2, -0.15) is 0 Å². The summed E-state index contributed by atoms with van der Waals surface area (Å²) in [5.41, 5.74) is 5.00. The van der Waals surface area contributed by atoms with E-state index in [1.54, 1.807) is 7.11 Å². The summed E-state index contributed by atoms with van der Waals surface area (Å²) >= 11 is 1.50. The summed E-state index contributed by atoms with van der Waals surface area (Å²) in [4.78, 5) is 14.7. The fourth-order valence-electron chi connectivity index (χ4n) is 4.77. The summed E-state index contributed by atoms with van der Waals surface area (Å²) in [6.07, 6.45) is 2.31. The van der Waals surface area contributed by atoms with Crippen molar-refractivity contribution in [1.29, 1.82) is 0 Å². The van der Waals surface area contributed by atoms with Crippen LogP contribution in [0, 0.1) is 0 Å². The van der Waals surface area contributed by atoms with Gasteiger partial charge in [-0.25, -0.2) is 0 Å². The third kappa shape index (κ3) is 4.72. The number of methoxy groups -OCH3 is 1. The van der Waals surface area contributed by atoms with E-state index in [2.05, 4.69) is 45.1 Å². The van der Waals surface area contributed by atoms with Gasteiger partial charge in [-0.1, -0.05) is 45.9 Å². The van der Waals surface area contributed by atoms with Crippen molar-refractivity contribution in [3.63, 3.8) is 0 Å². The smallest absolute Gasteiger partial charge is 0.261 e. The molecule has 5 heteroatoms. The SMILES string of the molecule is CCOc1ccccc1CNC(=O)c1ccc(-c2cc3c(cc2OC)C(C)(C)CCC3(C)C)s1. The van der Waals surface area contributed by atoms with Crippen LogP contribution in [0.25, 0.3) is 10.4 Å². The van der Waals surface area contributed by atoms with Crippen molar-refractivity contribution in [2.75, 3.05) is 13.7 Å². The van der Waals surface area contributed by atoms with Crippen LogP contribution in [0.15, 0.2) is 48.5 Å². The highest BCUT2D eigenvalue weighted by atomic mass is 32.1. The maximum atomic E-state index is 12.9. The summed E-state index contributed by atoms with van der Waals surface area (Å²) in [7, 11) is 1.73. The molecule has 4 rings (SSSR count). The standard InChI is InChI=1S/C29H35NO3S/c1-7-33-23-11-9-8-10-19(23)18-30-27(31)26-13-12-25(34-26)20-16-21-22(17-24(20)32-6)29(4,5)15-14-28(21,2)3/h8-13,16-17H,7,14-15,18H2,1-6H3,(H,30,31). The summed E-state index contributed by atoms with van der Waals surface area (Å²) in [5, 5.41) is 3.04. The van der Waals surface area contributed by atoms with Crippen molar-refractivity contribution in [3.8, 4) is 21.9 Å². The van der Waals surface area contributed by atoms with E-state index in [1.807, 2.05) is 43.3 Å². The Hall–Kier alpha value is -2.79. The number of amides is 1. The van der Waals surface area contributed by atoms with E-state index in [0.717, 1.165) is 40.3 Å². The molecule has 1 aromatic heterocycles. The number of rotatable bonds is 7. The molecule has 1 N–H and O–H groups in total. The normalized spacial score (nSPS) is 15.9. The third-order valence-electron chi connectivity index (χ3n) is 6.98. The lowest BCUT2D eigenvalue weighted by atomic mass is 9.63. The Morgan fingerprint density at radius 1 is 0.971 bits per heavy atom. The van der Waals surface area contributed by atoms with Gasteiger partial charge in [0, 0.05) is 22.5 Å². The molecule has 0 atom stereocenters. The first-order chi connectivity index (χ1) is 16.2. The molecule has 180 valence electrons. The zero-order chi connectivity index (χ0) is 24.5. The second kappa shape index (κ2) is 9.46. The molecule has 1 aliphatic carbocycles. The Bertz CT molecular complexity index is 1190. The Morgan fingerprint density at radius 2 is 1.65 bits per heavy atom. The molecule has 1 amide bonds. The molecule has 0 radical (unpaired) electrons. The zero-order valence-electron chi connectivity index (χ0n) is 21.1. The van der Waals surface area contributed by atoms with Crippen LogP contribution < -0.4 is 14.8 Å². The van der Waals surface area contributed by atoms with Crippen LogP contribution in [-0.2, 0) is 17.4 Å². The van der Waals surface area contributed by atoms with E-state index in [9.17, 15) is 4.79 Å². The first kappa shape index (κ1) is 24.3. The van der Waals surface area contributed by atoms with Crippen molar-refractivity contribution in [2.24, 2.45) is 0 Å². The molecule has 2 aromatic carbocycles. The molecule has 34 heavy (non-hydrogen) atoms. The molecule has 0 bridgehead atoms. The third-order valence-corrected chi connectivity index (χ3v) is 8.10. The molecule has 0 aliphatic heterocycles. The van der Waals surface area contributed by atoms with E-state index in [-0.39, 0.29) is 16.7 Å². The Balaban J connectivity index is 1.60. The van der Waals surface area contributed by atoms with Crippen LogP contribution in [0.1, 0.15) is 73.8 Å². The summed E-state index contributed by atoms with van der Waals surface area (Å²) in [6, 6.07) is 16.2. The van der Waals surface area contributed by atoms with Crippen LogP contribution in [0.4, 0.5) is 0 Å². The zero-order valence-corrected chi connectivity index (χ0v) is 21.9.